The maximum Gasteiger partial charge on any atom is 0.0144 e. The quantitative estimate of drug-likeness (QED) is 0.799. The Labute approximate surface area is 109 Å². The lowest BCUT2D eigenvalue weighted by atomic mass is 9.84. The summed E-state index contributed by atoms with van der Waals surface area (Å²) in [6.07, 6.45) is 4.50. The van der Waals surface area contributed by atoms with Gasteiger partial charge in [0.2, 0.25) is 0 Å². The van der Waals surface area contributed by atoms with E-state index < -0.39 is 0 Å². The molecule has 0 saturated heterocycles. The van der Waals surface area contributed by atoms with Crippen molar-refractivity contribution in [1.29, 1.82) is 0 Å². The molecular formula is C15H21NS. The molecular weight excluding hydrogens is 226 g/mol. The van der Waals surface area contributed by atoms with Crippen LogP contribution in [0.15, 0.2) is 41.8 Å². The second-order valence-electron chi connectivity index (χ2n) is 5.14. The molecule has 0 amide bonds. The van der Waals surface area contributed by atoms with Crippen LogP contribution in [-0.2, 0) is 6.42 Å². The summed E-state index contributed by atoms with van der Waals surface area (Å²) in [5, 5.41) is 3.97. The Morgan fingerprint density at radius 2 is 2.29 bits per heavy atom. The lowest BCUT2D eigenvalue weighted by Crippen LogP contribution is -2.30. The topological polar surface area (TPSA) is 12.0 Å². The molecule has 2 unspecified atom stereocenters. The molecule has 2 heteroatoms. The molecule has 92 valence electrons. The molecule has 1 aliphatic heterocycles. The first-order valence-corrected chi connectivity index (χ1v) is 7.07. The number of hydrogen-bond acceptors (Lipinski definition) is 2. The largest absolute Gasteiger partial charge is 0.319 e. The SMILES string of the molecule is C=CC(C)(CNC)CC1Cc2ccccc2S1. The third kappa shape index (κ3) is 2.93. The molecule has 0 bridgehead atoms. The van der Waals surface area contributed by atoms with Crippen molar-refractivity contribution in [1.82, 2.24) is 5.32 Å². The molecule has 2 rings (SSSR count). The van der Waals surface area contributed by atoms with E-state index in [4.69, 9.17) is 0 Å². The molecule has 1 aromatic rings. The maximum atomic E-state index is 3.99. The zero-order valence-corrected chi connectivity index (χ0v) is 11.5. The number of benzene rings is 1. The van der Waals surface area contributed by atoms with E-state index in [-0.39, 0.29) is 5.41 Å². The van der Waals surface area contributed by atoms with E-state index in [2.05, 4.69) is 49.2 Å². The smallest absolute Gasteiger partial charge is 0.0144 e. The monoisotopic (exact) mass is 247 g/mol. The van der Waals surface area contributed by atoms with Crippen LogP contribution in [-0.4, -0.2) is 18.8 Å². The lowest BCUT2D eigenvalue weighted by Gasteiger charge is -2.28. The first-order chi connectivity index (χ1) is 8.17. The fraction of sp³-hybridized carbons (Fsp3) is 0.467. The molecule has 0 aliphatic carbocycles. The molecule has 0 radical (unpaired) electrons. The highest BCUT2D eigenvalue weighted by atomic mass is 32.2. The standard InChI is InChI=1S/C15H21NS/c1-4-15(2,11-16-3)10-13-9-12-7-5-6-8-14(12)17-13/h4-8,13,16H,1,9-11H2,2-3H3. The van der Waals surface area contributed by atoms with Gasteiger partial charge in [0, 0.05) is 16.7 Å². The zero-order valence-electron chi connectivity index (χ0n) is 10.7. The molecule has 1 heterocycles. The van der Waals surface area contributed by atoms with Gasteiger partial charge < -0.3 is 5.32 Å². The van der Waals surface area contributed by atoms with Crippen LogP contribution in [0.4, 0.5) is 0 Å². The van der Waals surface area contributed by atoms with Crippen LogP contribution >= 0.6 is 11.8 Å². The van der Waals surface area contributed by atoms with Crippen LogP contribution < -0.4 is 5.32 Å². The van der Waals surface area contributed by atoms with Crippen LogP contribution in [0, 0.1) is 5.41 Å². The van der Waals surface area contributed by atoms with Gasteiger partial charge in [0.05, 0.1) is 0 Å². The van der Waals surface area contributed by atoms with Gasteiger partial charge in [-0.2, -0.15) is 0 Å². The van der Waals surface area contributed by atoms with Crippen molar-refractivity contribution in [2.75, 3.05) is 13.6 Å². The number of hydrogen-bond donors (Lipinski definition) is 1. The van der Waals surface area contributed by atoms with Crippen molar-refractivity contribution in [2.45, 2.75) is 29.9 Å². The van der Waals surface area contributed by atoms with Gasteiger partial charge in [-0.25, -0.2) is 0 Å². The van der Waals surface area contributed by atoms with Crippen molar-refractivity contribution in [3.63, 3.8) is 0 Å². The Morgan fingerprint density at radius 1 is 1.53 bits per heavy atom. The van der Waals surface area contributed by atoms with E-state index in [0.717, 1.165) is 6.54 Å². The molecule has 0 aromatic heterocycles. The average Bonchev–Trinajstić information content (AvgIpc) is 2.71. The third-order valence-corrected chi connectivity index (χ3v) is 4.80. The van der Waals surface area contributed by atoms with Crippen LogP contribution in [0.25, 0.3) is 0 Å². The average molecular weight is 247 g/mol. The zero-order chi connectivity index (χ0) is 12.3. The minimum absolute atomic E-state index is 0.203. The van der Waals surface area contributed by atoms with Crippen molar-refractivity contribution >= 4 is 11.8 Å². The molecule has 17 heavy (non-hydrogen) atoms. The molecule has 1 nitrogen and oxygen atoms in total. The Balaban J connectivity index is 2.01. The molecule has 0 spiro atoms. The molecule has 2 atom stereocenters. The van der Waals surface area contributed by atoms with Gasteiger partial charge in [-0.05, 0) is 36.9 Å². The van der Waals surface area contributed by atoms with Gasteiger partial charge in [-0.15, -0.1) is 18.3 Å². The highest BCUT2D eigenvalue weighted by Gasteiger charge is 2.29. The third-order valence-electron chi connectivity index (χ3n) is 3.48. The summed E-state index contributed by atoms with van der Waals surface area (Å²) in [5.41, 5.74) is 1.72. The predicted molar refractivity (Wildman–Crippen MR) is 76.6 cm³/mol. The molecule has 1 aromatic carbocycles. The van der Waals surface area contributed by atoms with E-state index in [1.165, 1.54) is 23.3 Å². The van der Waals surface area contributed by atoms with Crippen LogP contribution in [0.5, 0.6) is 0 Å². The maximum absolute atomic E-state index is 3.99. The Kier molecular flexibility index (Phi) is 3.95. The second kappa shape index (κ2) is 5.28. The molecule has 0 fully saturated rings. The second-order valence-corrected chi connectivity index (χ2v) is 6.49. The van der Waals surface area contributed by atoms with E-state index in [9.17, 15) is 0 Å². The normalized spacial score (nSPS) is 21.9. The predicted octanol–water partition coefficient (Wildman–Crippen LogP) is 3.51. The number of rotatable bonds is 5. The van der Waals surface area contributed by atoms with Gasteiger partial charge in [-0.1, -0.05) is 31.2 Å². The summed E-state index contributed by atoms with van der Waals surface area (Å²) in [6.45, 7) is 7.29. The minimum atomic E-state index is 0.203. The Hall–Kier alpha value is -0.730. The van der Waals surface area contributed by atoms with Crippen LogP contribution in [0.1, 0.15) is 18.9 Å². The summed E-state index contributed by atoms with van der Waals surface area (Å²) < 4.78 is 0. The van der Waals surface area contributed by atoms with E-state index in [1.807, 2.05) is 18.8 Å². The van der Waals surface area contributed by atoms with Gasteiger partial charge in [0.25, 0.3) is 0 Å². The molecule has 1 aliphatic rings. The Morgan fingerprint density at radius 3 is 2.94 bits per heavy atom. The summed E-state index contributed by atoms with van der Waals surface area (Å²) >= 11 is 2.03. The lowest BCUT2D eigenvalue weighted by molar-refractivity contribution is 0.372. The molecule has 0 saturated carbocycles. The van der Waals surface area contributed by atoms with E-state index in [1.54, 1.807) is 0 Å². The molecule has 1 N–H and O–H groups in total. The van der Waals surface area contributed by atoms with Gasteiger partial charge in [0.1, 0.15) is 0 Å². The van der Waals surface area contributed by atoms with Gasteiger partial charge >= 0.3 is 0 Å². The summed E-state index contributed by atoms with van der Waals surface area (Å²) in [6, 6.07) is 8.77. The summed E-state index contributed by atoms with van der Waals surface area (Å²) in [7, 11) is 2.01. The van der Waals surface area contributed by atoms with Crippen LogP contribution in [0.2, 0.25) is 0 Å². The fourth-order valence-corrected chi connectivity index (χ4v) is 4.07. The highest BCUT2D eigenvalue weighted by molar-refractivity contribution is 8.00. The Bertz CT molecular complexity index is 377. The van der Waals surface area contributed by atoms with Crippen LogP contribution in [0.3, 0.4) is 0 Å². The minimum Gasteiger partial charge on any atom is -0.319 e. The van der Waals surface area contributed by atoms with E-state index >= 15 is 0 Å². The summed E-state index contributed by atoms with van der Waals surface area (Å²) in [5.74, 6) is 0. The number of nitrogens with one attached hydrogen (secondary N) is 1. The van der Waals surface area contributed by atoms with Gasteiger partial charge in [0.15, 0.2) is 0 Å². The van der Waals surface area contributed by atoms with Crippen molar-refractivity contribution in [3.8, 4) is 0 Å². The van der Waals surface area contributed by atoms with Gasteiger partial charge in [-0.3, -0.25) is 0 Å². The summed E-state index contributed by atoms with van der Waals surface area (Å²) in [4.78, 5) is 1.47. The van der Waals surface area contributed by atoms with Crippen molar-refractivity contribution in [2.24, 2.45) is 5.41 Å². The van der Waals surface area contributed by atoms with E-state index in [0.29, 0.717) is 5.25 Å². The van der Waals surface area contributed by atoms with Crippen molar-refractivity contribution < 1.29 is 0 Å². The highest BCUT2D eigenvalue weighted by Crippen LogP contribution is 2.42. The van der Waals surface area contributed by atoms with Crippen molar-refractivity contribution in [3.05, 3.63) is 42.5 Å². The fourth-order valence-electron chi connectivity index (χ4n) is 2.52. The first-order valence-electron chi connectivity index (χ1n) is 6.19. The first kappa shape index (κ1) is 12.7. The number of thioether (sulfide) groups is 1. The number of fused-ring (bicyclic) bond motifs is 1.